The minimum Gasteiger partial charge on any atom is -0.477 e. The van der Waals surface area contributed by atoms with Crippen LogP contribution in [0.2, 0.25) is 0 Å². The quantitative estimate of drug-likeness (QED) is 0.612. The van der Waals surface area contributed by atoms with Crippen LogP contribution in [-0.2, 0) is 4.79 Å². The molecule has 0 saturated heterocycles. The zero-order valence-corrected chi connectivity index (χ0v) is 8.36. The van der Waals surface area contributed by atoms with Gasteiger partial charge in [0.05, 0.1) is 10.2 Å². The van der Waals surface area contributed by atoms with Crippen molar-refractivity contribution < 1.29 is 9.90 Å². The number of para-hydroxylation sites is 1. The Morgan fingerprint density at radius 1 is 1.53 bits per heavy atom. The molecule has 0 radical (unpaired) electrons. The van der Waals surface area contributed by atoms with E-state index in [4.69, 9.17) is 5.11 Å². The Labute approximate surface area is 89.1 Å². The first-order valence-electron chi connectivity index (χ1n) is 4.13. The molecule has 0 fully saturated rings. The molecule has 1 aromatic carbocycles. The van der Waals surface area contributed by atoms with Crippen LogP contribution in [0.15, 0.2) is 29.4 Å². The van der Waals surface area contributed by atoms with Gasteiger partial charge in [0.15, 0.2) is 0 Å². The maximum atomic E-state index is 10.2. The lowest BCUT2D eigenvalue weighted by Gasteiger charge is -1.88. The third-order valence-corrected chi connectivity index (χ3v) is 2.57. The van der Waals surface area contributed by atoms with E-state index in [0.29, 0.717) is 5.13 Å². The van der Waals surface area contributed by atoms with Gasteiger partial charge in [0.25, 0.3) is 0 Å². The minimum atomic E-state index is -1.09. The maximum Gasteiger partial charge on any atom is 0.348 e. The summed E-state index contributed by atoms with van der Waals surface area (Å²) in [5, 5.41) is 12.4. The van der Waals surface area contributed by atoms with Crippen LogP contribution in [0.5, 0.6) is 0 Å². The van der Waals surface area contributed by atoms with Crippen molar-refractivity contribution in [3.05, 3.63) is 24.3 Å². The van der Waals surface area contributed by atoms with Crippen LogP contribution in [0.1, 0.15) is 0 Å². The minimum absolute atomic E-state index is 0.578. The van der Waals surface area contributed by atoms with Gasteiger partial charge < -0.3 is 5.11 Å². The van der Waals surface area contributed by atoms with E-state index in [0.717, 1.165) is 16.4 Å². The molecule has 6 heteroatoms. The average Bonchev–Trinajstić information content (AvgIpc) is 2.59. The van der Waals surface area contributed by atoms with Crippen molar-refractivity contribution in [3.63, 3.8) is 0 Å². The van der Waals surface area contributed by atoms with Crippen molar-refractivity contribution in [1.82, 2.24) is 4.98 Å². The van der Waals surface area contributed by atoms with Crippen LogP contribution >= 0.6 is 11.3 Å². The second-order valence-electron chi connectivity index (χ2n) is 2.69. The Bertz CT molecular complexity index is 488. The first-order valence-corrected chi connectivity index (χ1v) is 4.95. The molecular formula is C9H7N3O2S. The monoisotopic (exact) mass is 221 g/mol. The zero-order valence-electron chi connectivity index (χ0n) is 7.54. The average molecular weight is 221 g/mol. The molecule has 76 valence electrons. The SMILES string of the molecule is O=C(O)C=NNc1nc2ccccc2s1. The highest BCUT2D eigenvalue weighted by atomic mass is 32.1. The van der Waals surface area contributed by atoms with Gasteiger partial charge in [0, 0.05) is 0 Å². The fourth-order valence-electron chi connectivity index (χ4n) is 1.06. The molecule has 1 aromatic heterocycles. The van der Waals surface area contributed by atoms with Gasteiger partial charge in [0.2, 0.25) is 5.13 Å². The fraction of sp³-hybridized carbons (Fsp3) is 0. The van der Waals surface area contributed by atoms with Crippen LogP contribution in [0.4, 0.5) is 5.13 Å². The molecule has 0 spiro atoms. The number of carbonyl (C=O) groups is 1. The number of carboxylic acids is 1. The number of nitrogens with zero attached hydrogens (tertiary/aromatic N) is 2. The molecule has 2 N–H and O–H groups in total. The van der Waals surface area contributed by atoms with Gasteiger partial charge >= 0.3 is 5.97 Å². The highest BCUT2D eigenvalue weighted by Crippen LogP contribution is 2.24. The number of thiazole rings is 1. The number of nitrogens with one attached hydrogen (secondary N) is 1. The van der Waals surface area contributed by atoms with Gasteiger partial charge in [-0.25, -0.2) is 9.78 Å². The van der Waals surface area contributed by atoms with E-state index in [1.54, 1.807) is 0 Å². The van der Waals surface area contributed by atoms with Gasteiger partial charge in [-0.15, -0.1) is 0 Å². The van der Waals surface area contributed by atoms with E-state index in [1.807, 2.05) is 24.3 Å². The molecule has 0 amide bonds. The lowest BCUT2D eigenvalue weighted by Crippen LogP contribution is -1.98. The number of aromatic nitrogens is 1. The third-order valence-electron chi connectivity index (χ3n) is 1.63. The lowest BCUT2D eigenvalue weighted by molar-refractivity contribution is -0.128. The number of hydrogen-bond donors (Lipinski definition) is 2. The lowest BCUT2D eigenvalue weighted by atomic mass is 10.3. The first-order chi connectivity index (χ1) is 7.25. The van der Waals surface area contributed by atoms with Crippen molar-refractivity contribution in [1.29, 1.82) is 0 Å². The summed E-state index contributed by atoms with van der Waals surface area (Å²) in [6, 6.07) is 7.65. The molecule has 0 bridgehead atoms. The van der Waals surface area contributed by atoms with Crippen molar-refractivity contribution in [2.45, 2.75) is 0 Å². The number of hydrogen-bond acceptors (Lipinski definition) is 5. The van der Waals surface area contributed by atoms with Gasteiger partial charge in [-0.3, -0.25) is 5.43 Å². The molecule has 0 aliphatic rings. The summed E-state index contributed by atoms with van der Waals surface area (Å²) < 4.78 is 1.03. The van der Waals surface area contributed by atoms with Gasteiger partial charge in [-0.05, 0) is 12.1 Å². The molecule has 0 atom stereocenters. The summed E-state index contributed by atoms with van der Waals surface area (Å²) in [5.41, 5.74) is 3.43. The van der Waals surface area contributed by atoms with Crippen LogP contribution in [0.3, 0.4) is 0 Å². The van der Waals surface area contributed by atoms with Crippen molar-refractivity contribution in [2.24, 2.45) is 5.10 Å². The highest BCUT2D eigenvalue weighted by Gasteiger charge is 2.00. The van der Waals surface area contributed by atoms with Crippen LogP contribution in [-0.4, -0.2) is 22.3 Å². The Morgan fingerprint density at radius 3 is 3.07 bits per heavy atom. The summed E-state index contributed by atoms with van der Waals surface area (Å²) in [4.78, 5) is 14.4. The third kappa shape index (κ3) is 2.29. The fourth-order valence-corrected chi connectivity index (χ4v) is 1.88. The topological polar surface area (TPSA) is 74.6 Å². The van der Waals surface area contributed by atoms with Gasteiger partial charge in [-0.2, -0.15) is 5.10 Å². The van der Waals surface area contributed by atoms with E-state index in [2.05, 4.69) is 15.5 Å². The second-order valence-corrected chi connectivity index (χ2v) is 3.73. The van der Waals surface area contributed by atoms with E-state index in [-0.39, 0.29) is 0 Å². The molecule has 2 aromatic rings. The number of carboxylic acid groups (broad SMARTS) is 1. The van der Waals surface area contributed by atoms with Crippen LogP contribution in [0, 0.1) is 0 Å². The maximum absolute atomic E-state index is 10.2. The summed E-state index contributed by atoms with van der Waals surface area (Å²) >= 11 is 1.42. The summed E-state index contributed by atoms with van der Waals surface area (Å²) in [6.07, 6.45) is 0.784. The summed E-state index contributed by atoms with van der Waals surface area (Å²) in [7, 11) is 0. The van der Waals surface area contributed by atoms with E-state index in [1.165, 1.54) is 11.3 Å². The number of anilines is 1. The largest absolute Gasteiger partial charge is 0.477 e. The number of benzene rings is 1. The second kappa shape index (κ2) is 4.05. The van der Waals surface area contributed by atoms with Crippen molar-refractivity contribution >= 4 is 38.9 Å². The molecule has 0 aliphatic carbocycles. The highest BCUT2D eigenvalue weighted by molar-refractivity contribution is 7.22. The molecule has 2 rings (SSSR count). The summed E-state index contributed by atoms with van der Waals surface area (Å²) in [6.45, 7) is 0. The number of rotatable bonds is 3. The number of hydrazone groups is 1. The van der Waals surface area contributed by atoms with Crippen LogP contribution in [0.25, 0.3) is 10.2 Å². The predicted molar refractivity (Wildman–Crippen MR) is 59.4 cm³/mol. The molecule has 0 saturated carbocycles. The van der Waals surface area contributed by atoms with Gasteiger partial charge in [0.1, 0.15) is 6.21 Å². The van der Waals surface area contributed by atoms with Crippen molar-refractivity contribution in [3.8, 4) is 0 Å². The molecule has 15 heavy (non-hydrogen) atoms. The van der Waals surface area contributed by atoms with E-state index in [9.17, 15) is 4.79 Å². The normalized spacial score (nSPS) is 10.9. The van der Waals surface area contributed by atoms with E-state index < -0.39 is 5.97 Å². The molecule has 0 aliphatic heterocycles. The standard InChI is InChI=1S/C9H7N3O2S/c13-8(14)5-10-12-9-11-6-3-1-2-4-7(6)15-9/h1-5H,(H,11,12)(H,13,14). The summed E-state index contributed by atoms with van der Waals surface area (Å²) in [5.74, 6) is -1.09. The Balaban J connectivity index is 2.19. The molecule has 1 heterocycles. The zero-order chi connectivity index (χ0) is 10.7. The molecular weight excluding hydrogens is 214 g/mol. The molecule has 0 unspecified atom stereocenters. The Hall–Kier alpha value is -1.95. The van der Waals surface area contributed by atoms with Crippen molar-refractivity contribution in [2.75, 3.05) is 5.43 Å². The number of aliphatic carboxylic acids is 1. The first kappa shape index (κ1) is 9.60. The van der Waals surface area contributed by atoms with E-state index >= 15 is 0 Å². The Kier molecular flexibility index (Phi) is 2.59. The Morgan fingerprint density at radius 2 is 2.33 bits per heavy atom. The smallest absolute Gasteiger partial charge is 0.348 e. The number of fused-ring (bicyclic) bond motifs is 1. The molecule has 5 nitrogen and oxygen atoms in total. The predicted octanol–water partition coefficient (Wildman–Crippen LogP) is 1.78. The van der Waals surface area contributed by atoms with Gasteiger partial charge in [-0.1, -0.05) is 23.5 Å². The van der Waals surface area contributed by atoms with Crippen LogP contribution < -0.4 is 5.43 Å².